The molecule has 0 amide bonds. The van der Waals surface area contributed by atoms with E-state index in [2.05, 4.69) is 4.74 Å². The van der Waals surface area contributed by atoms with Crippen molar-refractivity contribution in [1.29, 1.82) is 5.41 Å². The van der Waals surface area contributed by atoms with Gasteiger partial charge in [-0.2, -0.15) is 0 Å². The van der Waals surface area contributed by atoms with E-state index < -0.39 is 0 Å². The topological polar surface area (TPSA) is 53.3 Å². The first kappa shape index (κ1) is 5.43. The van der Waals surface area contributed by atoms with Crippen molar-refractivity contribution in [2.75, 3.05) is 13.7 Å². The van der Waals surface area contributed by atoms with E-state index >= 15 is 0 Å². The monoisotopic (exact) mass is 89.0 g/mol. The SMILES string of the molecule is COC(=N)CO. The molecule has 0 saturated heterocycles. The smallest absolute Gasteiger partial charge is 0.206 e. The molecule has 0 aromatic heterocycles. The molecular formula is C3H7NO2. The molecule has 0 atom stereocenters. The molecule has 0 aliphatic carbocycles. The summed E-state index contributed by atoms with van der Waals surface area (Å²) in [4.78, 5) is 0. The zero-order valence-corrected chi connectivity index (χ0v) is 3.56. The van der Waals surface area contributed by atoms with Gasteiger partial charge in [0.2, 0.25) is 5.90 Å². The summed E-state index contributed by atoms with van der Waals surface area (Å²) in [5, 5.41) is 14.5. The molecule has 0 spiro atoms. The highest BCUT2D eigenvalue weighted by molar-refractivity contribution is 5.73. The molecule has 6 heavy (non-hydrogen) atoms. The zero-order valence-electron chi connectivity index (χ0n) is 3.56. The lowest BCUT2D eigenvalue weighted by atomic mass is 10.7. The van der Waals surface area contributed by atoms with E-state index in [1.807, 2.05) is 0 Å². The van der Waals surface area contributed by atoms with Gasteiger partial charge in [0.05, 0.1) is 7.11 Å². The van der Waals surface area contributed by atoms with Gasteiger partial charge in [0.25, 0.3) is 0 Å². The maximum absolute atomic E-state index is 7.99. The Kier molecular flexibility index (Phi) is 2.40. The van der Waals surface area contributed by atoms with Crippen LogP contribution in [0.2, 0.25) is 0 Å². The van der Waals surface area contributed by atoms with Crippen molar-refractivity contribution in [3.05, 3.63) is 0 Å². The summed E-state index contributed by atoms with van der Waals surface area (Å²) in [5.41, 5.74) is 0. The van der Waals surface area contributed by atoms with Crippen LogP contribution in [0.4, 0.5) is 0 Å². The van der Waals surface area contributed by atoms with Gasteiger partial charge >= 0.3 is 0 Å². The molecule has 0 aromatic carbocycles. The van der Waals surface area contributed by atoms with Gasteiger partial charge in [0, 0.05) is 0 Å². The van der Waals surface area contributed by atoms with Crippen molar-refractivity contribution in [2.24, 2.45) is 0 Å². The van der Waals surface area contributed by atoms with Gasteiger partial charge in [-0.05, 0) is 0 Å². The third-order valence-corrected chi connectivity index (χ3v) is 0.390. The second kappa shape index (κ2) is 2.66. The third-order valence-electron chi connectivity index (χ3n) is 0.390. The summed E-state index contributed by atoms with van der Waals surface area (Å²) < 4.78 is 4.23. The lowest BCUT2D eigenvalue weighted by Gasteiger charge is -1.91. The molecule has 0 unspecified atom stereocenters. The molecule has 0 rings (SSSR count). The minimum absolute atomic E-state index is 0.102. The highest BCUT2D eigenvalue weighted by atomic mass is 16.5. The van der Waals surface area contributed by atoms with Crippen LogP contribution in [0.5, 0.6) is 0 Å². The second-order valence-corrected chi connectivity index (χ2v) is 0.785. The first-order valence-corrected chi connectivity index (χ1v) is 1.53. The molecule has 0 heterocycles. The van der Waals surface area contributed by atoms with Crippen molar-refractivity contribution in [1.82, 2.24) is 0 Å². The normalized spacial score (nSPS) is 7.67. The van der Waals surface area contributed by atoms with Gasteiger partial charge in [-0.15, -0.1) is 0 Å². The fraction of sp³-hybridized carbons (Fsp3) is 0.667. The average molecular weight is 89.1 g/mol. The lowest BCUT2D eigenvalue weighted by Crippen LogP contribution is -2.03. The summed E-state index contributed by atoms with van der Waals surface area (Å²) in [6, 6.07) is 0. The van der Waals surface area contributed by atoms with Gasteiger partial charge in [0.1, 0.15) is 6.61 Å². The molecule has 3 nitrogen and oxygen atoms in total. The van der Waals surface area contributed by atoms with E-state index in [1.165, 1.54) is 7.11 Å². The summed E-state index contributed by atoms with van der Waals surface area (Å²) in [6.07, 6.45) is 0. The highest BCUT2D eigenvalue weighted by Crippen LogP contribution is 1.65. The maximum atomic E-state index is 7.99. The van der Waals surface area contributed by atoms with Gasteiger partial charge < -0.3 is 9.84 Å². The third kappa shape index (κ3) is 1.72. The van der Waals surface area contributed by atoms with Crippen LogP contribution < -0.4 is 0 Å². The first-order valence-electron chi connectivity index (χ1n) is 1.53. The van der Waals surface area contributed by atoms with Gasteiger partial charge in [-0.3, -0.25) is 5.41 Å². The van der Waals surface area contributed by atoms with Crippen LogP contribution in [0.3, 0.4) is 0 Å². The van der Waals surface area contributed by atoms with Gasteiger partial charge in [0.15, 0.2) is 0 Å². The number of hydrogen-bond donors (Lipinski definition) is 2. The standard InChI is InChI=1S/C3H7NO2/c1-6-3(4)2-5/h4-5H,2H2,1H3. The van der Waals surface area contributed by atoms with Gasteiger partial charge in [-0.1, -0.05) is 0 Å². The van der Waals surface area contributed by atoms with E-state index in [0.717, 1.165) is 0 Å². The van der Waals surface area contributed by atoms with Crippen molar-refractivity contribution in [3.63, 3.8) is 0 Å². The molecule has 0 aliphatic rings. The maximum Gasteiger partial charge on any atom is 0.206 e. The largest absolute Gasteiger partial charge is 0.483 e. The molecule has 36 valence electrons. The van der Waals surface area contributed by atoms with Crippen LogP contribution in [-0.4, -0.2) is 24.7 Å². The van der Waals surface area contributed by atoms with Crippen LogP contribution in [-0.2, 0) is 4.74 Å². The number of rotatable bonds is 1. The molecule has 0 bridgehead atoms. The Morgan fingerprint density at radius 1 is 2.00 bits per heavy atom. The highest BCUT2D eigenvalue weighted by Gasteiger charge is 1.82. The van der Waals surface area contributed by atoms with Crippen LogP contribution >= 0.6 is 0 Å². The van der Waals surface area contributed by atoms with E-state index in [9.17, 15) is 0 Å². The molecule has 0 radical (unpaired) electrons. The summed E-state index contributed by atoms with van der Waals surface area (Å²) in [5.74, 6) is -0.102. The van der Waals surface area contributed by atoms with Gasteiger partial charge in [-0.25, -0.2) is 0 Å². The molecule has 3 heteroatoms. The number of aliphatic hydroxyl groups is 1. The van der Waals surface area contributed by atoms with Crippen molar-refractivity contribution in [2.45, 2.75) is 0 Å². The van der Waals surface area contributed by atoms with E-state index in [0.29, 0.717) is 0 Å². The fourth-order valence-electron chi connectivity index (χ4n) is 0.0645. The molecule has 2 N–H and O–H groups in total. The predicted octanol–water partition coefficient (Wildman–Crippen LogP) is -0.398. The van der Waals surface area contributed by atoms with E-state index in [1.54, 1.807) is 0 Å². The Hall–Kier alpha value is -0.570. The Balaban J connectivity index is 2.99. The summed E-state index contributed by atoms with van der Waals surface area (Å²) in [6.45, 7) is -0.309. The molecule has 0 saturated carbocycles. The quantitative estimate of drug-likeness (QED) is 0.339. The molecule has 0 aliphatic heterocycles. The van der Waals surface area contributed by atoms with Crippen LogP contribution in [0.1, 0.15) is 0 Å². The Labute approximate surface area is 36.1 Å². The Morgan fingerprint density at radius 2 is 2.50 bits per heavy atom. The average Bonchev–Trinajstić information content (AvgIpc) is 1.65. The first-order chi connectivity index (χ1) is 2.81. The number of ether oxygens (including phenoxy) is 1. The fourth-order valence-corrected chi connectivity index (χ4v) is 0.0645. The molecule has 0 aromatic rings. The Bertz CT molecular complexity index is 46.8. The summed E-state index contributed by atoms with van der Waals surface area (Å²) in [7, 11) is 1.35. The van der Waals surface area contributed by atoms with Crippen molar-refractivity contribution >= 4 is 5.90 Å². The molecular weight excluding hydrogens is 82.0 g/mol. The van der Waals surface area contributed by atoms with Crippen LogP contribution in [0.15, 0.2) is 0 Å². The summed E-state index contributed by atoms with van der Waals surface area (Å²) >= 11 is 0. The minimum Gasteiger partial charge on any atom is -0.483 e. The van der Waals surface area contributed by atoms with Crippen molar-refractivity contribution < 1.29 is 9.84 Å². The van der Waals surface area contributed by atoms with Crippen molar-refractivity contribution in [3.8, 4) is 0 Å². The van der Waals surface area contributed by atoms with E-state index in [4.69, 9.17) is 10.5 Å². The van der Waals surface area contributed by atoms with Crippen LogP contribution in [0, 0.1) is 5.41 Å². The number of nitrogens with one attached hydrogen (secondary N) is 1. The number of aliphatic hydroxyl groups excluding tert-OH is 1. The second-order valence-electron chi connectivity index (χ2n) is 0.785. The molecule has 0 fully saturated rings. The number of methoxy groups -OCH3 is 1. The minimum atomic E-state index is -0.309. The Morgan fingerprint density at radius 3 is 2.50 bits per heavy atom. The predicted molar refractivity (Wildman–Crippen MR) is 21.8 cm³/mol. The lowest BCUT2D eigenvalue weighted by molar-refractivity contribution is 0.295. The zero-order chi connectivity index (χ0) is 4.99. The van der Waals surface area contributed by atoms with Crippen LogP contribution in [0.25, 0.3) is 0 Å². The van der Waals surface area contributed by atoms with E-state index in [-0.39, 0.29) is 12.5 Å². The number of hydrogen-bond acceptors (Lipinski definition) is 3.